The van der Waals surface area contributed by atoms with Crippen molar-refractivity contribution in [2.24, 2.45) is 0 Å². The molecule has 0 radical (unpaired) electrons. The molecule has 7 heteroatoms. The Bertz CT molecular complexity index is 491. The summed E-state index contributed by atoms with van der Waals surface area (Å²) in [5, 5.41) is 16.0. The third-order valence-corrected chi connectivity index (χ3v) is 3.55. The van der Waals surface area contributed by atoms with E-state index >= 15 is 0 Å². The maximum Gasteiger partial charge on any atom is 0.152 e. The molecule has 0 amide bonds. The molecule has 0 aliphatic heterocycles. The Hall–Kier alpha value is -1.60. The Morgan fingerprint density at radius 2 is 2.13 bits per heavy atom. The van der Waals surface area contributed by atoms with E-state index in [2.05, 4.69) is 25.4 Å². The molecule has 0 atom stereocenters. The number of aromatic amines is 1. The van der Waals surface area contributed by atoms with Gasteiger partial charge in [-0.25, -0.2) is 9.97 Å². The van der Waals surface area contributed by atoms with Gasteiger partial charge in [0.25, 0.3) is 0 Å². The number of H-pyrrole nitrogens is 1. The Morgan fingerprint density at radius 3 is 2.87 bits per heavy atom. The molecule has 3 rings (SSSR count). The molecule has 0 fully saturated rings. The van der Waals surface area contributed by atoms with Crippen molar-refractivity contribution in [3.05, 3.63) is 23.2 Å². The lowest BCUT2D eigenvalue weighted by Gasteiger charge is -1.86. The van der Waals surface area contributed by atoms with Crippen LogP contribution in [0.3, 0.4) is 0 Å². The van der Waals surface area contributed by atoms with E-state index in [1.54, 1.807) is 35.1 Å². The zero-order chi connectivity index (χ0) is 10.1. The van der Waals surface area contributed by atoms with Gasteiger partial charge in [0.1, 0.15) is 11.4 Å². The van der Waals surface area contributed by atoms with Gasteiger partial charge in [-0.05, 0) is 0 Å². The average Bonchev–Trinajstić information content (AvgIpc) is 3.02. The molecule has 3 heterocycles. The van der Waals surface area contributed by atoms with E-state index in [0.29, 0.717) is 0 Å². The molecule has 0 aliphatic rings. The van der Waals surface area contributed by atoms with Crippen LogP contribution < -0.4 is 0 Å². The summed E-state index contributed by atoms with van der Waals surface area (Å²) >= 11 is 3.14. The summed E-state index contributed by atoms with van der Waals surface area (Å²) in [6.07, 6.45) is 3.43. The van der Waals surface area contributed by atoms with Gasteiger partial charge in [-0.15, -0.1) is 22.7 Å². The van der Waals surface area contributed by atoms with E-state index in [-0.39, 0.29) is 0 Å². The highest BCUT2D eigenvalue weighted by atomic mass is 32.1. The summed E-state index contributed by atoms with van der Waals surface area (Å²) in [6, 6.07) is 0. The second-order valence-electron chi connectivity index (χ2n) is 2.73. The maximum atomic E-state index is 4.44. The highest BCUT2D eigenvalue weighted by Crippen LogP contribution is 2.28. The van der Waals surface area contributed by atoms with Gasteiger partial charge < -0.3 is 0 Å². The van der Waals surface area contributed by atoms with E-state index in [1.165, 1.54) is 0 Å². The van der Waals surface area contributed by atoms with E-state index in [4.69, 9.17) is 0 Å². The van der Waals surface area contributed by atoms with Gasteiger partial charge in [-0.3, -0.25) is 0 Å². The first-order valence-corrected chi connectivity index (χ1v) is 5.91. The summed E-state index contributed by atoms with van der Waals surface area (Å²) in [7, 11) is 0. The molecule has 0 saturated carbocycles. The average molecular weight is 235 g/mol. The molecular formula is C8H5N5S2. The Balaban J connectivity index is 2.02. The fourth-order valence-corrected chi connectivity index (χ4v) is 2.65. The molecule has 0 unspecified atom stereocenters. The Kier molecular flexibility index (Phi) is 2.04. The van der Waals surface area contributed by atoms with Crippen molar-refractivity contribution in [1.82, 2.24) is 25.4 Å². The predicted molar refractivity (Wildman–Crippen MR) is 58.6 cm³/mol. The van der Waals surface area contributed by atoms with Crippen molar-refractivity contribution in [3.63, 3.8) is 0 Å². The Labute approximate surface area is 92.9 Å². The summed E-state index contributed by atoms with van der Waals surface area (Å²) in [5.41, 5.74) is 1.59. The quantitative estimate of drug-likeness (QED) is 0.738. The molecule has 0 bridgehead atoms. The molecule has 5 nitrogen and oxygen atoms in total. The Morgan fingerprint density at radius 1 is 1.13 bits per heavy atom. The molecule has 15 heavy (non-hydrogen) atoms. The highest BCUT2D eigenvalue weighted by molar-refractivity contribution is 7.19. The summed E-state index contributed by atoms with van der Waals surface area (Å²) in [5.74, 6) is 0. The van der Waals surface area contributed by atoms with Crippen LogP contribution in [0.4, 0.5) is 0 Å². The van der Waals surface area contributed by atoms with Crippen LogP contribution in [-0.2, 0) is 0 Å². The zero-order valence-corrected chi connectivity index (χ0v) is 9.05. The van der Waals surface area contributed by atoms with E-state index in [9.17, 15) is 0 Å². The summed E-state index contributed by atoms with van der Waals surface area (Å²) in [6.45, 7) is 0. The zero-order valence-electron chi connectivity index (χ0n) is 7.41. The van der Waals surface area contributed by atoms with Crippen LogP contribution in [0.5, 0.6) is 0 Å². The lowest BCUT2D eigenvalue weighted by Crippen LogP contribution is -1.78. The fourth-order valence-electron chi connectivity index (χ4n) is 1.14. The first-order valence-electron chi connectivity index (χ1n) is 4.15. The maximum absolute atomic E-state index is 4.44. The standard InChI is InChI=1S/C8H5N5S2/c1-2-14-7(9-1)8-11-6(4-15-8)5-3-10-13-12-5/h1-4H,(H,10,12,13). The third-order valence-electron chi connectivity index (χ3n) is 1.80. The first kappa shape index (κ1) is 8.69. The molecule has 0 aromatic carbocycles. The summed E-state index contributed by atoms with van der Waals surface area (Å²) in [4.78, 5) is 8.64. The van der Waals surface area contributed by atoms with E-state index in [1.807, 2.05) is 10.8 Å². The number of hydrogen-bond donors (Lipinski definition) is 1. The van der Waals surface area contributed by atoms with Crippen LogP contribution >= 0.6 is 22.7 Å². The van der Waals surface area contributed by atoms with Gasteiger partial charge in [-0.2, -0.15) is 15.4 Å². The second kappa shape index (κ2) is 3.52. The lowest BCUT2D eigenvalue weighted by atomic mass is 10.4. The van der Waals surface area contributed by atoms with Gasteiger partial charge in [-0.1, -0.05) is 0 Å². The number of hydrogen-bond acceptors (Lipinski definition) is 6. The molecule has 1 N–H and O–H groups in total. The SMILES string of the molecule is c1csc(-c2nc(-c3cn[nH]n3)cs2)n1. The second-order valence-corrected chi connectivity index (χ2v) is 4.48. The van der Waals surface area contributed by atoms with Crippen molar-refractivity contribution < 1.29 is 0 Å². The fraction of sp³-hybridized carbons (Fsp3) is 0. The van der Waals surface area contributed by atoms with Crippen molar-refractivity contribution in [2.75, 3.05) is 0 Å². The summed E-state index contributed by atoms with van der Waals surface area (Å²) < 4.78 is 0. The van der Waals surface area contributed by atoms with Crippen LogP contribution in [0.2, 0.25) is 0 Å². The molecule has 3 aromatic rings. The number of nitrogens with zero attached hydrogens (tertiary/aromatic N) is 4. The molecular weight excluding hydrogens is 230 g/mol. The van der Waals surface area contributed by atoms with Crippen LogP contribution in [0.15, 0.2) is 23.2 Å². The largest absolute Gasteiger partial charge is 0.242 e. The molecule has 74 valence electrons. The van der Waals surface area contributed by atoms with Gasteiger partial charge in [0.15, 0.2) is 10.0 Å². The van der Waals surface area contributed by atoms with Crippen LogP contribution in [0.1, 0.15) is 0 Å². The number of aromatic nitrogens is 5. The lowest BCUT2D eigenvalue weighted by molar-refractivity contribution is 0.941. The highest BCUT2D eigenvalue weighted by Gasteiger charge is 2.09. The predicted octanol–water partition coefficient (Wildman–Crippen LogP) is 2.05. The van der Waals surface area contributed by atoms with Gasteiger partial charge in [0, 0.05) is 17.0 Å². The number of thiazole rings is 2. The minimum absolute atomic E-state index is 0.758. The molecule has 3 aromatic heterocycles. The van der Waals surface area contributed by atoms with Gasteiger partial charge in [0.2, 0.25) is 0 Å². The minimum Gasteiger partial charge on any atom is -0.242 e. The van der Waals surface area contributed by atoms with E-state index < -0.39 is 0 Å². The number of nitrogens with one attached hydrogen (secondary N) is 1. The van der Waals surface area contributed by atoms with Crippen molar-refractivity contribution in [1.29, 1.82) is 0 Å². The monoisotopic (exact) mass is 235 g/mol. The van der Waals surface area contributed by atoms with Crippen molar-refractivity contribution >= 4 is 22.7 Å². The minimum atomic E-state index is 0.758. The van der Waals surface area contributed by atoms with Gasteiger partial charge >= 0.3 is 0 Å². The van der Waals surface area contributed by atoms with Crippen molar-refractivity contribution in [3.8, 4) is 21.4 Å². The van der Waals surface area contributed by atoms with Gasteiger partial charge in [0.05, 0.1) is 6.20 Å². The topological polar surface area (TPSA) is 67.3 Å². The molecule has 0 aliphatic carbocycles. The third kappa shape index (κ3) is 1.55. The normalized spacial score (nSPS) is 10.7. The van der Waals surface area contributed by atoms with Crippen LogP contribution in [0.25, 0.3) is 21.4 Å². The number of rotatable bonds is 2. The van der Waals surface area contributed by atoms with E-state index in [0.717, 1.165) is 21.4 Å². The molecule has 0 saturated heterocycles. The van der Waals surface area contributed by atoms with Crippen LogP contribution in [0, 0.1) is 0 Å². The van der Waals surface area contributed by atoms with Crippen LogP contribution in [-0.4, -0.2) is 25.4 Å². The van der Waals surface area contributed by atoms with Crippen molar-refractivity contribution in [2.45, 2.75) is 0 Å². The smallest absolute Gasteiger partial charge is 0.152 e. The first-order chi connectivity index (χ1) is 7.43. The molecule has 0 spiro atoms.